The first kappa shape index (κ1) is 21.4. The fourth-order valence-corrected chi connectivity index (χ4v) is 5.43. The van der Waals surface area contributed by atoms with Crippen molar-refractivity contribution in [2.24, 2.45) is 5.92 Å². The van der Waals surface area contributed by atoms with Gasteiger partial charge < -0.3 is 9.64 Å². The molecule has 5 heteroatoms. The predicted molar refractivity (Wildman–Crippen MR) is 123 cm³/mol. The van der Waals surface area contributed by atoms with Gasteiger partial charge in [0.15, 0.2) is 0 Å². The molecule has 2 fully saturated rings. The van der Waals surface area contributed by atoms with Gasteiger partial charge in [-0.25, -0.2) is 0 Å². The van der Waals surface area contributed by atoms with Crippen LogP contribution in [0.25, 0.3) is 0 Å². The van der Waals surface area contributed by atoms with E-state index in [2.05, 4.69) is 57.9 Å². The lowest BCUT2D eigenvalue weighted by Gasteiger charge is -2.35. The molecule has 0 radical (unpaired) electrons. The zero-order valence-electron chi connectivity index (χ0n) is 18.1. The number of rotatable bonds is 7. The summed E-state index contributed by atoms with van der Waals surface area (Å²) in [7, 11) is 2.16. The van der Waals surface area contributed by atoms with Crippen LogP contribution in [0.3, 0.4) is 0 Å². The van der Waals surface area contributed by atoms with Crippen molar-refractivity contribution in [3.8, 4) is 5.75 Å². The summed E-state index contributed by atoms with van der Waals surface area (Å²) in [4.78, 5) is 17.2. The number of thiophene rings is 1. The van der Waals surface area contributed by atoms with E-state index in [0.29, 0.717) is 5.91 Å². The zero-order chi connectivity index (χ0) is 20.8. The quantitative estimate of drug-likeness (QED) is 0.600. The predicted octanol–water partition coefficient (Wildman–Crippen LogP) is 5.33. The molecule has 2 aromatic rings. The van der Waals surface area contributed by atoms with Crippen molar-refractivity contribution in [2.75, 3.05) is 20.1 Å². The van der Waals surface area contributed by atoms with Crippen molar-refractivity contribution in [1.29, 1.82) is 0 Å². The van der Waals surface area contributed by atoms with E-state index in [-0.39, 0.29) is 12.0 Å². The van der Waals surface area contributed by atoms with E-state index < -0.39 is 0 Å². The summed E-state index contributed by atoms with van der Waals surface area (Å²) >= 11 is 1.75. The zero-order valence-corrected chi connectivity index (χ0v) is 18.9. The maximum absolute atomic E-state index is 12.8. The van der Waals surface area contributed by atoms with E-state index in [1.54, 1.807) is 11.3 Å². The van der Waals surface area contributed by atoms with Crippen LogP contribution in [0.1, 0.15) is 56.1 Å². The van der Waals surface area contributed by atoms with Crippen LogP contribution in [0.5, 0.6) is 5.75 Å². The van der Waals surface area contributed by atoms with Gasteiger partial charge in [0.2, 0.25) is 5.91 Å². The second kappa shape index (κ2) is 10.5. The number of hydrogen-bond acceptors (Lipinski definition) is 4. The van der Waals surface area contributed by atoms with Gasteiger partial charge in [-0.15, -0.1) is 0 Å². The topological polar surface area (TPSA) is 32.8 Å². The molecular weight excluding hydrogens is 392 g/mol. The van der Waals surface area contributed by atoms with Crippen molar-refractivity contribution < 1.29 is 9.53 Å². The first-order valence-corrected chi connectivity index (χ1v) is 12.4. The van der Waals surface area contributed by atoms with Crippen LogP contribution in [0.2, 0.25) is 0 Å². The van der Waals surface area contributed by atoms with Crippen LogP contribution in [-0.2, 0) is 17.9 Å². The first-order chi connectivity index (χ1) is 14.7. The fraction of sp³-hybridized carbons (Fsp3) is 0.560. The Morgan fingerprint density at radius 2 is 1.83 bits per heavy atom. The molecule has 4 nitrogen and oxygen atoms in total. The third-order valence-electron chi connectivity index (χ3n) is 6.39. The third-order valence-corrected chi connectivity index (χ3v) is 7.13. The summed E-state index contributed by atoms with van der Waals surface area (Å²) in [5.74, 6) is 1.62. The van der Waals surface area contributed by atoms with E-state index in [1.807, 2.05) is 0 Å². The Balaban J connectivity index is 1.25. The van der Waals surface area contributed by atoms with E-state index in [9.17, 15) is 4.79 Å². The van der Waals surface area contributed by atoms with E-state index in [0.717, 1.165) is 57.6 Å². The molecule has 1 aliphatic carbocycles. The minimum absolute atomic E-state index is 0.208. The highest BCUT2D eigenvalue weighted by molar-refractivity contribution is 7.07. The number of amides is 1. The molecule has 0 N–H and O–H groups in total. The Morgan fingerprint density at radius 1 is 1.07 bits per heavy atom. The second-order valence-electron chi connectivity index (χ2n) is 8.93. The van der Waals surface area contributed by atoms with Crippen molar-refractivity contribution in [3.05, 3.63) is 52.2 Å². The number of carbonyl (C=O) groups is 1. The molecule has 1 aromatic heterocycles. The second-order valence-corrected chi connectivity index (χ2v) is 9.71. The molecule has 1 amide bonds. The molecule has 1 aromatic carbocycles. The van der Waals surface area contributed by atoms with Crippen molar-refractivity contribution in [2.45, 2.75) is 64.1 Å². The fourth-order valence-electron chi connectivity index (χ4n) is 4.77. The highest BCUT2D eigenvalue weighted by Crippen LogP contribution is 2.27. The minimum Gasteiger partial charge on any atom is -0.490 e. The Labute approximate surface area is 184 Å². The highest BCUT2D eigenvalue weighted by atomic mass is 32.1. The van der Waals surface area contributed by atoms with Gasteiger partial charge in [-0.3, -0.25) is 9.69 Å². The van der Waals surface area contributed by atoms with Gasteiger partial charge >= 0.3 is 0 Å². The molecule has 0 unspecified atom stereocenters. The monoisotopic (exact) mass is 426 g/mol. The van der Waals surface area contributed by atoms with Gasteiger partial charge in [-0.1, -0.05) is 31.4 Å². The van der Waals surface area contributed by atoms with Gasteiger partial charge in [0, 0.05) is 44.9 Å². The maximum atomic E-state index is 12.8. The standard InChI is InChI=1S/C25H34N2O2S/c1-26(18-21-12-15-30-19-21)17-20-6-5-9-24(16-20)29-23-10-13-27(14-11-23)25(28)22-7-3-2-4-8-22/h5-6,9,12,15-16,19,22-23H,2-4,7-8,10-11,13-14,17-18H2,1H3. The molecule has 0 spiro atoms. The minimum atomic E-state index is 0.208. The number of nitrogens with zero attached hydrogens (tertiary/aromatic N) is 2. The van der Waals surface area contributed by atoms with Crippen molar-refractivity contribution in [3.63, 3.8) is 0 Å². The number of hydrogen-bond donors (Lipinski definition) is 0. The smallest absolute Gasteiger partial charge is 0.225 e. The average Bonchev–Trinajstić information content (AvgIpc) is 3.27. The van der Waals surface area contributed by atoms with Crippen molar-refractivity contribution >= 4 is 17.2 Å². The van der Waals surface area contributed by atoms with Gasteiger partial charge in [0.25, 0.3) is 0 Å². The highest BCUT2D eigenvalue weighted by Gasteiger charge is 2.29. The first-order valence-electron chi connectivity index (χ1n) is 11.4. The number of likely N-dealkylation sites (tertiary alicyclic amines) is 1. The molecule has 4 rings (SSSR count). The molecule has 30 heavy (non-hydrogen) atoms. The Kier molecular flexibility index (Phi) is 7.45. The van der Waals surface area contributed by atoms with E-state index in [1.165, 1.54) is 30.4 Å². The summed E-state index contributed by atoms with van der Waals surface area (Å²) in [5, 5.41) is 4.34. The van der Waals surface area contributed by atoms with Crippen LogP contribution in [0.4, 0.5) is 0 Å². The molecular formula is C25H34N2O2S. The molecule has 2 aliphatic rings. The number of benzene rings is 1. The molecule has 2 heterocycles. The lowest BCUT2D eigenvalue weighted by Crippen LogP contribution is -2.44. The summed E-state index contributed by atoms with van der Waals surface area (Å²) < 4.78 is 6.30. The van der Waals surface area contributed by atoms with E-state index in [4.69, 9.17) is 4.74 Å². The van der Waals surface area contributed by atoms with Crippen LogP contribution >= 0.6 is 11.3 Å². The largest absolute Gasteiger partial charge is 0.490 e. The molecule has 0 bridgehead atoms. The summed E-state index contributed by atoms with van der Waals surface area (Å²) in [6.07, 6.45) is 7.97. The van der Waals surface area contributed by atoms with Gasteiger partial charge in [0.05, 0.1) is 0 Å². The number of carbonyl (C=O) groups excluding carboxylic acids is 1. The molecule has 0 atom stereocenters. The summed E-state index contributed by atoms with van der Waals surface area (Å²) in [6, 6.07) is 10.7. The molecule has 162 valence electrons. The molecule has 1 aliphatic heterocycles. The number of ether oxygens (including phenoxy) is 1. The maximum Gasteiger partial charge on any atom is 0.225 e. The van der Waals surface area contributed by atoms with Crippen LogP contribution in [-0.4, -0.2) is 41.9 Å². The molecule has 1 saturated carbocycles. The number of piperidine rings is 1. The SMILES string of the molecule is CN(Cc1ccsc1)Cc1cccc(OC2CCN(C(=O)C3CCCCC3)CC2)c1. The summed E-state index contributed by atoms with van der Waals surface area (Å²) in [6.45, 7) is 3.54. The normalized spacial score (nSPS) is 18.7. The lowest BCUT2D eigenvalue weighted by atomic mass is 9.88. The lowest BCUT2D eigenvalue weighted by molar-refractivity contribution is -0.138. The van der Waals surface area contributed by atoms with Gasteiger partial charge in [-0.05, 0) is 60.0 Å². The van der Waals surface area contributed by atoms with Crippen molar-refractivity contribution in [1.82, 2.24) is 9.80 Å². The van der Waals surface area contributed by atoms with E-state index >= 15 is 0 Å². The Hall–Kier alpha value is -1.85. The van der Waals surface area contributed by atoms with Gasteiger partial charge in [0.1, 0.15) is 11.9 Å². The third kappa shape index (κ3) is 5.86. The van der Waals surface area contributed by atoms with Crippen LogP contribution < -0.4 is 4.74 Å². The summed E-state index contributed by atoms with van der Waals surface area (Å²) in [5.41, 5.74) is 2.64. The Morgan fingerprint density at radius 3 is 2.57 bits per heavy atom. The van der Waals surface area contributed by atoms with Crippen LogP contribution in [0, 0.1) is 5.92 Å². The van der Waals surface area contributed by atoms with Crippen LogP contribution in [0.15, 0.2) is 41.1 Å². The van der Waals surface area contributed by atoms with Gasteiger partial charge in [-0.2, -0.15) is 11.3 Å². The average molecular weight is 427 g/mol. The molecule has 1 saturated heterocycles. The Bertz CT molecular complexity index is 793.